The van der Waals surface area contributed by atoms with Crippen LogP contribution in [-0.4, -0.2) is 40.6 Å². The molecule has 0 aliphatic rings. The van der Waals surface area contributed by atoms with Crippen LogP contribution in [0.15, 0.2) is 88.7 Å². The van der Waals surface area contributed by atoms with Gasteiger partial charge in [0.2, 0.25) is 15.9 Å². The molecule has 168 valence electrons. The lowest BCUT2D eigenvalue weighted by Crippen LogP contribution is -2.35. The number of carbonyl (C=O) groups excluding carboxylic acids is 1. The Morgan fingerprint density at radius 2 is 1.50 bits per heavy atom. The van der Waals surface area contributed by atoms with Gasteiger partial charge in [-0.1, -0.05) is 48.0 Å². The third-order valence-corrected chi connectivity index (χ3v) is 7.87. The molecule has 11 heteroatoms. The van der Waals surface area contributed by atoms with E-state index in [-0.39, 0.29) is 26.2 Å². The van der Waals surface area contributed by atoms with Crippen molar-refractivity contribution in [3.63, 3.8) is 0 Å². The van der Waals surface area contributed by atoms with Gasteiger partial charge < -0.3 is 5.32 Å². The van der Waals surface area contributed by atoms with Crippen LogP contribution in [0.1, 0.15) is 0 Å². The van der Waals surface area contributed by atoms with Gasteiger partial charge in [0.15, 0.2) is 0 Å². The summed E-state index contributed by atoms with van der Waals surface area (Å²) >= 11 is 6.01. The minimum Gasteiger partial charge on any atom is -0.325 e. The fraction of sp³-hybridized carbons (Fsp3) is 0.0952. The zero-order chi connectivity index (χ0) is 23.4. The molecule has 0 aliphatic carbocycles. The van der Waals surface area contributed by atoms with E-state index in [9.17, 15) is 21.6 Å². The number of benzene rings is 3. The molecule has 0 aromatic heterocycles. The quantitative estimate of drug-likeness (QED) is 0.499. The maximum atomic E-state index is 12.7. The fourth-order valence-corrected chi connectivity index (χ4v) is 5.26. The summed E-state index contributed by atoms with van der Waals surface area (Å²) in [5.41, 5.74) is 0.416. The predicted molar refractivity (Wildman–Crippen MR) is 124 cm³/mol. The Morgan fingerprint density at radius 1 is 0.875 bits per heavy atom. The lowest BCUT2D eigenvalue weighted by atomic mass is 10.3. The lowest BCUT2D eigenvalue weighted by molar-refractivity contribution is -0.116. The monoisotopic (exact) mass is 493 g/mol. The number of amides is 1. The average molecular weight is 494 g/mol. The van der Waals surface area contributed by atoms with Gasteiger partial charge in [-0.05, 0) is 42.5 Å². The zero-order valence-corrected chi connectivity index (χ0v) is 19.3. The number of sulfonamides is 2. The molecule has 0 saturated heterocycles. The van der Waals surface area contributed by atoms with Crippen molar-refractivity contribution in [3.8, 4) is 0 Å². The van der Waals surface area contributed by atoms with E-state index in [2.05, 4.69) is 10.0 Å². The summed E-state index contributed by atoms with van der Waals surface area (Å²) in [5, 5.41) is 2.76. The minimum absolute atomic E-state index is 0.0639. The Morgan fingerprint density at radius 3 is 2.19 bits per heavy atom. The highest BCUT2D eigenvalue weighted by molar-refractivity contribution is 7.92. The van der Waals surface area contributed by atoms with Gasteiger partial charge in [0.25, 0.3) is 10.0 Å². The molecule has 0 spiro atoms. The van der Waals surface area contributed by atoms with E-state index in [0.29, 0.717) is 0 Å². The Labute approximate surface area is 191 Å². The van der Waals surface area contributed by atoms with Gasteiger partial charge >= 0.3 is 0 Å². The minimum atomic E-state index is -3.97. The summed E-state index contributed by atoms with van der Waals surface area (Å²) in [6, 6.07) is 19.7. The van der Waals surface area contributed by atoms with Crippen molar-refractivity contribution >= 4 is 48.9 Å². The highest BCUT2D eigenvalue weighted by Gasteiger charge is 2.23. The number of hydrogen-bond acceptors (Lipinski definition) is 5. The van der Waals surface area contributed by atoms with Crippen LogP contribution < -0.4 is 10.0 Å². The normalized spacial score (nSPS) is 11.8. The number of halogens is 1. The Bertz CT molecular complexity index is 1330. The van der Waals surface area contributed by atoms with Crippen LogP contribution in [0, 0.1) is 0 Å². The molecule has 3 aromatic rings. The topological polar surface area (TPSA) is 113 Å². The molecule has 0 radical (unpaired) electrons. The first kappa shape index (κ1) is 23.7. The van der Waals surface area contributed by atoms with E-state index in [4.69, 9.17) is 11.6 Å². The van der Waals surface area contributed by atoms with Crippen molar-refractivity contribution in [2.45, 2.75) is 9.79 Å². The third-order valence-electron chi connectivity index (χ3n) is 4.36. The number of anilines is 2. The second kappa shape index (κ2) is 9.70. The van der Waals surface area contributed by atoms with Gasteiger partial charge in [0, 0.05) is 12.7 Å². The maximum Gasteiger partial charge on any atom is 0.262 e. The standard InChI is InChI=1S/C21H20ClN3O5S2/c1-25(32(29,30)17-9-3-2-4-10-17)15-21(26)23-16-8-7-11-18(14-16)31(27,28)24-20-13-6-5-12-19(20)22/h2-14,24H,15H2,1H3,(H,23,26). The second-order valence-corrected chi connectivity index (χ2v) is 10.9. The average Bonchev–Trinajstić information content (AvgIpc) is 2.76. The van der Waals surface area contributed by atoms with E-state index in [1.807, 2.05) is 0 Å². The number of carbonyl (C=O) groups is 1. The van der Waals surface area contributed by atoms with Crippen LogP contribution in [0.5, 0.6) is 0 Å². The molecule has 0 bridgehead atoms. The van der Waals surface area contributed by atoms with Crippen molar-refractivity contribution < 1.29 is 21.6 Å². The number of para-hydroxylation sites is 1. The molecule has 3 aromatic carbocycles. The summed E-state index contributed by atoms with van der Waals surface area (Å²) in [4.78, 5) is 12.4. The van der Waals surface area contributed by atoms with E-state index < -0.39 is 32.5 Å². The van der Waals surface area contributed by atoms with Crippen molar-refractivity contribution in [3.05, 3.63) is 83.9 Å². The van der Waals surface area contributed by atoms with Crippen LogP contribution in [0.4, 0.5) is 11.4 Å². The van der Waals surface area contributed by atoms with E-state index in [0.717, 1.165) is 4.31 Å². The molecule has 8 nitrogen and oxygen atoms in total. The Balaban J connectivity index is 1.71. The van der Waals surface area contributed by atoms with Gasteiger partial charge in [-0.2, -0.15) is 4.31 Å². The summed E-state index contributed by atoms with van der Waals surface area (Å²) in [5.74, 6) is -0.624. The SMILES string of the molecule is CN(CC(=O)Nc1cccc(S(=O)(=O)Nc2ccccc2Cl)c1)S(=O)(=O)c1ccccc1. The number of hydrogen-bond donors (Lipinski definition) is 2. The summed E-state index contributed by atoms with van der Waals surface area (Å²) in [6.07, 6.45) is 0. The number of nitrogens with one attached hydrogen (secondary N) is 2. The van der Waals surface area contributed by atoms with E-state index in [1.165, 1.54) is 49.5 Å². The molecule has 0 aliphatic heterocycles. The molecular weight excluding hydrogens is 474 g/mol. The summed E-state index contributed by atoms with van der Waals surface area (Å²) in [6.45, 7) is -0.452. The van der Waals surface area contributed by atoms with Crippen LogP contribution in [0.25, 0.3) is 0 Å². The number of rotatable bonds is 8. The van der Waals surface area contributed by atoms with Crippen molar-refractivity contribution in [1.82, 2.24) is 4.31 Å². The molecule has 3 rings (SSSR count). The molecule has 2 N–H and O–H groups in total. The largest absolute Gasteiger partial charge is 0.325 e. The molecule has 0 atom stereocenters. The van der Waals surface area contributed by atoms with E-state index >= 15 is 0 Å². The van der Waals surface area contributed by atoms with Crippen LogP contribution in [0.3, 0.4) is 0 Å². The Kier molecular flexibility index (Phi) is 7.19. The molecule has 0 unspecified atom stereocenters. The van der Waals surface area contributed by atoms with Crippen molar-refractivity contribution in [2.24, 2.45) is 0 Å². The second-order valence-electron chi connectivity index (χ2n) is 6.74. The van der Waals surface area contributed by atoms with Gasteiger partial charge in [-0.25, -0.2) is 16.8 Å². The highest BCUT2D eigenvalue weighted by atomic mass is 35.5. The Hall–Kier alpha value is -2.92. The van der Waals surface area contributed by atoms with Crippen molar-refractivity contribution in [2.75, 3.05) is 23.6 Å². The molecular formula is C21H20ClN3O5S2. The smallest absolute Gasteiger partial charge is 0.262 e. The molecule has 1 amide bonds. The van der Waals surface area contributed by atoms with Gasteiger partial charge in [0.1, 0.15) is 0 Å². The first-order chi connectivity index (χ1) is 15.1. The highest BCUT2D eigenvalue weighted by Crippen LogP contribution is 2.25. The van der Waals surface area contributed by atoms with Crippen LogP contribution in [0.2, 0.25) is 5.02 Å². The third kappa shape index (κ3) is 5.65. The lowest BCUT2D eigenvalue weighted by Gasteiger charge is -2.17. The van der Waals surface area contributed by atoms with E-state index in [1.54, 1.807) is 36.4 Å². The molecule has 0 heterocycles. The van der Waals surface area contributed by atoms with Gasteiger partial charge in [-0.15, -0.1) is 0 Å². The van der Waals surface area contributed by atoms with Gasteiger partial charge in [0.05, 0.1) is 27.0 Å². The van der Waals surface area contributed by atoms with Gasteiger partial charge in [-0.3, -0.25) is 9.52 Å². The molecule has 0 fully saturated rings. The first-order valence-corrected chi connectivity index (χ1v) is 12.6. The van der Waals surface area contributed by atoms with Crippen LogP contribution in [-0.2, 0) is 24.8 Å². The van der Waals surface area contributed by atoms with Crippen LogP contribution >= 0.6 is 11.6 Å². The number of likely N-dealkylation sites (N-methyl/N-ethyl adjacent to an activating group) is 1. The zero-order valence-electron chi connectivity index (χ0n) is 16.9. The maximum absolute atomic E-state index is 12.7. The summed E-state index contributed by atoms with van der Waals surface area (Å²) < 4.78 is 53.8. The van der Waals surface area contributed by atoms with Crippen molar-refractivity contribution in [1.29, 1.82) is 0 Å². The first-order valence-electron chi connectivity index (χ1n) is 9.28. The summed E-state index contributed by atoms with van der Waals surface area (Å²) in [7, 11) is -6.52. The molecule has 0 saturated carbocycles. The predicted octanol–water partition coefficient (Wildman–Crippen LogP) is 3.40. The molecule has 32 heavy (non-hydrogen) atoms. The fourth-order valence-electron chi connectivity index (χ4n) is 2.75. The number of nitrogens with zero attached hydrogens (tertiary/aromatic N) is 1.